The molecule has 1 saturated carbocycles. The number of rotatable bonds is 4. The van der Waals surface area contributed by atoms with Crippen LogP contribution in [0.5, 0.6) is 0 Å². The summed E-state index contributed by atoms with van der Waals surface area (Å²) in [5.74, 6) is -1.03. The molecule has 1 aliphatic carbocycles. The third kappa shape index (κ3) is 3.89. The van der Waals surface area contributed by atoms with Gasteiger partial charge in [-0.1, -0.05) is 0 Å². The summed E-state index contributed by atoms with van der Waals surface area (Å²) in [5.41, 5.74) is 4.00. The standard InChI is InChI=1S/C11H20N2O4/c1-10(2,3)17-9(16)13-5-4-7-6-11(7,12)8(14)15/h7H,4-6,12H2,1-3H3,(H,13,16)(H,14,15)/t7-,11-/m1/s1. The number of aliphatic carboxylic acids is 1. The molecule has 98 valence electrons. The Morgan fingerprint density at radius 1 is 1.53 bits per heavy atom. The lowest BCUT2D eigenvalue weighted by Gasteiger charge is -2.19. The third-order valence-corrected chi connectivity index (χ3v) is 2.71. The third-order valence-electron chi connectivity index (χ3n) is 2.71. The number of hydrogen-bond acceptors (Lipinski definition) is 4. The first-order valence-electron chi connectivity index (χ1n) is 5.64. The number of nitrogens with one attached hydrogen (secondary N) is 1. The second-order valence-electron chi connectivity index (χ2n) is 5.46. The molecule has 0 radical (unpaired) electrons. The molecule has 0 bridgehead atoms. The van der Waals surface area contributed by atoms with Gasteiger partial charge in [0.1, 0.15) is 11.1 Å². The van der Waals surface area contributed by atoms with Gasteiger partial charge in [-0.2, -0.15) is 0 Å². The monoisotopic (exact) mass is 244 g/mol. The van der Waals surface area contributed by atoms with Gasteiger partial charge in [-0.15, -0.1) is 0 Å². The van der Waals surface area contributed by atoms with Crippen molar-refractivity contribution in [1.29, 1.82) is 0 Å². The molecule has 1 fully saturated rings. The normalized spacial score (nSPS) is 27.4. The molecule has 1 aliphatic rings. The summed E-state index contributed by atoms with van der Waals surface area (Å²) < 4.78 is 5.04. The van der Waals surface area contributed by atoms with E-state index in [0.29, 0.717) is 19.4 Å². The van der Waals surface area contributed by atoms with Gasteiger partial charge in [-0.05, 0) is 39.5 Å². The molecule has 17 heavy (non-hydrogen) atoms. The highest BCUT2D eigenvalue weighted by Gasteiger charge is 2.56. The molecule has 4 N–H and O–H groups in total. The Morgan fingerprint density at radius 2 is 2.12 bits per heavy atom. The van der Waals surface area contributed by atoms with Gasteiger partial charge in [-0.25, -0.2) is 4.79 Å². The van der Waals surface area contributed by atoms with Gasteiger partial charge in [-0.3, -0.25) is 4.79 Å². The lowest BCUT2D eigenvalue weighted by Crippen LogP contribution is -2.37. The molecule has 1 amide bonds. The molecule has 6 heteroatoms. The van der Waals surface area contributed by atoms with E-state index in [1.807, 2.05) is 0 Å². The van der Waals surface area contributed by atoms with E-state index in [4.69, 9.17) is 15.6 Å². The molecule has 6 nitrogen and oxygen atoms in total. The molecule has 0 unspecified atom stereocenters. The van der Waals surface area contributed by atoms with Gasteiger partial charge < -0.3 is 20.9 Å². The fraction of sp³-hybridized carbons (Fsp3) is 0.818. The van der Waals surface area contributed by atoms with E-state index in [1.54, 1.807) is 20.8 Å². The van der Waals surface area contributed by atoms with Crippen molar-refractivity contribution >= 4 is 12.1 Å². The zero-order chi connectivity index (χ0) is 13.3. The van der Waals surface area contributed by atoms with E-state index in [0.717, 1.165) is 0 Å². The molecule has 0 spiro atoms. The summed E-state index contributed by atoms with van der Waals surface area (Å²) in [7, 11) is 0. The van der Waals surface area contributed by atoms with Crippen molar-refractivity contribution in [3.05, 3.63) is 0 Å². The predicted octanol–water partition coefficient (Wildman–Crippen LogP) is 0.703. The Labute approximate surface area is 101 Å². The first kappa shape index (κ1) is 13.8. The maximum atomic E-state index is 11.3. The molecule has 0 aromatic heterocycles. The summed E-state index contributed by atoms with van der Waals surface area (Å²) in [4.78, 5) is 22.0. The van der Waals surface area contributed by atoms with Crippen LogP contribution in [0.15, 0.2) is 0 Å². The number of carboxylic acids is 1. The van der Waals surface area contributed by atoms with Crippen LogP contribution in [0, 0.1) is 5.92 Å². The Bertz CT molecular complexity index is 324. The largest absolute Gasteiger partial charge is 0.480 e. The second kappa shape index (κ2) is 4.52. The Kier molecular flexibility index (Phi) is 3.66. The van der Waals surface area contributed by atoms with Crippen molar-refractivity contribution in [2.24, 2.45) is 11.7 Å². The topological polar surface area (TPSA) is 102 Å². The lowest BCUT2D eigenvalue weighted by molar-refractivity contribution is -0.140. The first-order chi connectivity index (χ1) is 7.65. The Hall–Kier alpha value is -1.30. The van der Waals surface area contributed by atoms with Gasteiger partial charge in [0, 0.05) is 6.54 Å². The molecule has 1 rings (SSSR count). The molecule has 0 saturated heterocycles. The molecule has 2 atom stereocenters. The quantitative estimate of drug-likeness (QED) is 0.675. The van der Waals surface area contributed by atoms with Crippen molar-refractivity contribution in [1.82, 2.24) is 5.32 Å². The van der Waals surface area contributed by atoms with Crippen LogP contribution in [0.3, 0.4) is 0 Å². The van der Waals surface area contributed by atoms with Gasteiger partial charge in [0.05, 0.1) is 0 Å². The average molecular weight is 244 g/mol. The van der Waals surface area contributed by atoms with Crippen LogP contribution in [0.2, 0.25) is 0 Å². The predicted molar refractivity (Wildman–Crippen MR) is 61.5 cm³/mol. The summed E-state index contributed by atoms with van der Waals surface area (Å²) in [6, 6.07) is 0. The van der Waals surface area contributed by atoms with E-state index in [1.165, 1.54) is 0 Å². The molecular formula is C11H20N2O4. The minimum atomic E-state index is -1.09. The van der Waals surface area contributed by atoms with E-state index >= 15 is 0 Å². The summed E-state index contributed by atoms with van der Waals surface area (Å²) in [6.45, 7) is 5.72. The van der Waals surface area contributed by atoms with E-state index < -0.39 is 23.2 Å². The van der Waals surface area contributed by atoms with Crippen LogP contribution >= 0.6 is 0 Å². The lowest BCUT2D eigenvalue weighted by atomic mass is 10.2. The minimum Gasteiger partial charge on any atom is -0.480 e. The van der Waals surface area contributed by atoms with Crippen LogP contribution in [0.4, 0.5) is 4.79 Å². The maximum Gasteiger partial charge on any atom is 0.407 e. The summed E-state index contributed by atoms with van der Waals surface area (Å²) in [6.07, 6.45) is 0.538. The Morgan fingerprint density at radius 3 is 2.53 bits per heavy atom. The van der Waals surface area contributed by atoms with Crippen LogP contribution in [0.1, 0.15) is 33.6 Å². The number of alkyl carbamates (subject to hydrolysis) is 1. The van der Waals surface area contributed by atoms with E-state index in [-0.39, 0.29) is 5.92 Å². The highest BCUT2D eigenvalue weighted by Crippen LogP contribution is 2.43. The van der Waals surface area contributed by atoms with Crippen molar-refractivity contribution in [2.75, 3.05) is 6.54 Å². The SMILES string of the molecule is CC(C)(C)OC(=O)NCC[C@@H]1C[C@]1(N)C(=O)O. The number of hydrogen-bond donors (Lipinski definition) is 3. The van der Waals surface area contributed by atoms with Crippen molar-refractivity contribution < 1.29 is 19.4 Å². The average Bonchev–Trinajstić information content (AvgIpc) is 2.75. The number of nitrogens with two attached hydrogens (primary N) is 1. The number of carboxylic acid groups (broad SMARTS) is 1. The maximum absolute atomic E-state index is 11.3. The van der Waals surface area contributed by atoms with E-state index in [9.17, 15) is 9.59 Å². The van der Waals surface area contributed by atoms with Crippen molar-refractivity contribution in [3.8, 4) is 0 Å². The molecule has 0 aromatic rings. The summed E-state index contributed by atoms with van der Waals surface area (Å²) >= 11 is 0. The van der Waals surface area contributed by atoms with Crippen LogP contribution in [0.25, 0.3) is 0 Å². The number of carbonyl (C=O) groups is 2. The smallest absolute Gasteiger partial charge is 0.407 e. The van der Waals surface area contributed by atoms with Crippen molar-refractivity contribution in [3.63, 3.8) is 0 Å². The highest BCUT2D eigenvalue weighted by molar-refractivity contribution is 5.82. The van der Waals surface area contributed by atoms with Gasteiger partial charge in [0.2, 0.25) is 0 Å². The molecular weight excluding hydrogens is 224 g/mol. The van der Waals surface area contributed by atoms with Crippen molar-refractivity contribution in [2.45, 2.75) is 44.8 Å². The van der Waals surface area contributed by atoms with Gasteiger partial charge >= 0.3 is 12.1 Å². The second-order valence-corrected chi connectivity index (χ2v) is 5.46. The van der Waals surface area contributed by atoms with Crippen LogP contribution in [-0.4, -0.2) is 34.9 Å². The molecule has 0 aromatic carbocycles. The number of ether oxygens (including phenoxy) is 1. The van der Waals surface area contributed by atoms with E-state index in [2.05, 4.69) is 5.32 Å². The zero-order valence-corrected chi connectivity index (χ0v) is 10.4. The highest BCUT2D eigenvalue weighted by atomic mass is 16.6. The zero-order valence-electron chi connectivity index (χ0n) is 10.4. The minimum absolute atomic E-state index is 0.0602. The Balaban J connectivity index is 2.18. The molecule has 0 aliphatic heterocycles. The fourth-order valence-electron chi connectivity index (χ4n) is 1.63. The van der Waals surface area contributed by atoms with Gasteiger partial charge in [0.15, 0.2) is 0 Å². The fourth-order valence-corrected chi connectivity index (χ4v) is 1.63. The molecule has 0 heterocycles. The van der Waals surface area contributed by atoms with Crippen LogP contribution in [-0.2, 0) is 9.53 Å². The van der Waals surface area contributed by atoms with Crippen LogP contribution < -0.4 is 11.1 Å². The number of carbonyl (C=O) groups excluding carboxylic acids is 1. The first-order valence-corrected chi connectivity index (χ1v) is 5.64. The number of amides is 1. The van der Waals surface area contributed by atoms with Gasteiger partial charge in [0.25, 0.3) is 0 Å². The summed E-state index contributed by atoms with van der Waals surface area (Å²) in [5, 5.41) is 11.4.